The SMILES string of the molecule is OC[C@@H]1C=C[C@H](n2cnc3c(NC4CC4)nc(Cl)nc32)C1. The van der Waals surface area contributed by atoms with Crippen LogP contribution in [-0.2, 0) is 0 Å². The zero-order valence-corrected chi connectivity index (χ0v) is 12.2. The largest absolute Gasteiger partial charge is 0.396 e. The first-order chi connectivity index (χ1) is 10.2. The van der Waals surface area contributed by atoms with Crippen LogP contribution in [0.4, 0.5) is 5.82 Å². The van der Waals surface area contributed by atoms with Gasteiger partial charge in [0.25, 0.3) is 0 Å². The lowest BCUT2D eigenvalue weighted by atomic mass is 10.1. The summed E-state index contributed by atoms with van der Waals surface area (Å²) in [5.74, 6) is 0.917. The highest BCUT2D eigenvalue weighted by molar-refractivity contribution is 6.28. The first-order valence-electron chi connectivity index (χ1n) is 7.20. The molecule has 7 heteroatoms. The van der Waals surface area contributed by atoms with E-state index in [1.165, 1.54) is 0 Å². The number of aromatic nitrogens is 4. The van der Waals surface area contributed by atoms with Crippen LogP contribution in [0.3, 0.4) is 0 Å². The Morgan fingerprint density at radius 2 is 2.19 bits per heavy atom. The van der Waals surface area contributed by atoms with Crippen molar-refractivity contribution in [3.8, 4) is 0 Å². The van der Waals surface area contributed by atoms with Crippen LogP contribution in [-0.4, -0.2) is 37.3 Å². The average molecular weight is 306 g/mol. The van der Waals surface area contributed by atoms with Gasteiger partial charge in [0.15, 0.2) is 17.0 Å². The molecule has 2 aliphatic rings. The molecule has 2 aliphatic carbocycles. The maximum Gasteiger partial charge on any atom is 0.226 e. The molecular weight excluding hydrogens is 290 g/mol. The summed E-state index contributed by atoms with van der Waals surface area (Å²) >= 11 is 6.06. The average Bonchev–Trinajstić information content (AvgIpc) is 3.01. The number of hydrogen-bond acceptors (Lipinski definition) is 5. The van der Waals surface area contributed by atoms with Gasteiger partial charge in [-0.15, -0.1) is 0 Å². The maximum absolute atomic E-state index is 9.26. The number of nitrogens with one attached hydrogen (secondary N) is 1. The van der Waals surface area contributed by atoms with Gasteiger partial charge in [-0.3, -0.25) is 0 Å². The fraction of sp³-hybridized carbons (Fsp3) is 0.500. The Morgan fingerprint density at radius 3 is 2.90 bits per heavy atom. The van der Waals surface area contributed by atoms with Gasteiger partial charge >= 0.3 is 0 Å². The predicted molar refractivity (Wildman–Crippen MR) is 80.3 cm³/mol. The molecule has 2 aromatic heterocycles. The van der Waals surface area contributed by atoms with Crippen molar-refractivity contribution in [3.63, 3.8) is 0 Å². The maximum atomic E-state index is 9.26. The summed E-state index contributed by atoms with van der Waals surface area (Å²) in [6.45, 7) is 0.170. The summed E-state index contributed by atoms with van der Waals surface area (Å²) in [6.07, 6.45) is 9.09. The van der Waals surface area contributed by atoms with E-state index in [2.05, 4.69) is 26.3 Å². The van der Waals surface area contributed by atoms with Gasteiger partial charge in [0, 0.05) is 18.6 Å². The first kappa shape index (κ1) is 13.0. The highest BCUT2D eigenvalue weighted by atomic mass is 35.5. The van der Waals surface area contributed by atoms with Crippen LogP contribution in [0.5, 0.6) is 0 Å². The lowest BCUT2D eigenvalue weighted by Gasteiger charge is -2.13. The van der Waals surface area contributed by atoms with Crippen LogP contribution in [0, 0.1) is 5.92 Å². The van der Waals surface area contributed by atoms with E-state index in [0.717, 1.165) is 30.4 Å². The Balaban J connectivity index is 1.73. The minimum absolute atomic E-state index is 0.159. The molecule has 110 valence electrons. The molecule has 0 aliphatic heterocycles. The van der Waals surface area contributed by atoms with E-state index in [9.17, 15) is 5.11 Å². The van der Waals surface area contributed by atoms with E-state index < -0.39 is 0 Å². The lowest BCUT2D eigenvalue weighted by Crippen LogP contribution is -2.09. The summed E-state index contributed by atoms with van der Waals surface area (Å²) in [5, 5.41) is 12.8. The molecule has 0 unspecified atom stereocenters. The van der Waals surface area contributed by atoms with Crippen LogP contribution >= 0.6 is 11.6 Å². The Labute approximate surface area is 126 Å². The van der Waals surface area contributed by atoms with E-state index in [1.807, 2.05) is 10.6 Å². The van der Waals surface area contributed by atoms with Crippen LogP contribution in [0.2, 0.25) is 5.28 Å². The molecule has 0 bridgehead atoms. The highest BCUT2D eigenvalue weighted by Crippen LogP contribution is 2.33. The smallest absolute Gasteiger partial charge is 0.226 e. The highest BCUT2D eigenvalue weighted by Gasteiger charge is 2.26. The fourth-order valence-electron chi connectivity index (χ4n) is 2.75. The van der Waals surface area contributed by atoms with E-state index in [1.54, 1.807) is 6.33 Å². The standard InChI is InChI=1S/C14H16ClN5O/c15-14-18-12(17-9-2-3-9)11-13(19-14)20(7-16-11)10-4-1-8(5-10)6-21/h1,4,7-10,21H,2-3,5-6H2,(H,17,18,19)/t8-,10+/m1/s1. The second kappa shape index (κ2) is 4.96. The molecule has 2 atom stereocenters. The molecule has 1 fully saturated rings. The van der Waals surface area contributed by atoms with Crippen LogP contribution in [0.25, 0.3) is 11.2 Å². The number of hydrogen-bond donors (Lipinski definition) is 2. The minimum Gasteiger partial charge on any atom is -0.396 e. The third-order valence-corrected chi connectivity index (χ3v) is 4.22. The first-order valence-corrected chi connectivity index (χ1v) is 7.58. The van der Waals surface area contributed by atoms with Crippen molar-refractivity contribution in [1.29, 1.82) is 0 Å². The third kappa shape index (κ3) is 2.38. The normalized spacial score (nSPS) is 24.9. The van der Waals surface area contributed by atoms with Crippen LogP contribution in [0.1, 0.15) is 25.3 Å². The molecule has 0 radical (unpaired) electrons. The number of aliphatic hydroxyl groups is 1. The van der Waals surface area contributed by atoms with Crippen LogP contribution in [0.15, 0.2) is 18.5 Å². The summed E-state index contributed by atoms with van der Waals surface area (Å²) < 4.78 is 2.01. The number of nitrogens with zero attached hydrogens (tertiary/aromatic N) is 4. The fourth-order valence-corrected chi connectivity index (χ4v) is 2.91. The van der Waals surface area contributed by atoms with Gasteiger partial charge in [-0.05, 0) is 30.9 Å². The van der Waals surface area contributed by atoms with E-state index in [0.29, 0.717) is 11.9 Å². The van der Waals surface area contributed by atoms with Gasteiger partial charge in [-0.1, -0.05) is 12.2 Å². The molecule has 2 aromatic rings. The molecule has 0 spiro atoms. The Bertz CT molecular complexity index is 709. The van der Waals surface area contributed by atoms with Crippen molar-refractivity contribution < 1.29 is 5.11 Å². The van der Waals surface area contributed by atoms with Crippen LogP contribution < -0.4 is 5.32 Å². The van der Waals surface area contributed by atoms with Crippen molar-refractivity contribution in [2.45, 2.75) is 31.3 Å². The molecule has 2 heterocycles. The summed E-state index contributed by atoms with van der Waals surface area (Å²) in [4.78, 5) is 13.1. The van der Waals surface area contributed by atoms with Gasteiger partial charge in [-0.2, -0.15) is 9.97 Å². The van der Waals surface area contributed by atoms with Crippen molar-refractivity contribution >= 4 is 28.6 Å². The number of rotatable bonds is 4. The third-order valence-electron chi connectivity index (χ3n) is 4.05. The van der Waals surface area contributed by atoms with Crippen molar-refractivity contribution in [2.24, 2.45) is 5.92 Å². The van der Waals surface area contributed by atoms with Gasteiger partial charge in [0.2, 0.25) is 5.28 Å². The molecule has 4 rings (SSSR count). The summed E-state index contributed by atoms with van der Waals surface area (Å²) in [7, 11) is 0. The Hall–Kier alpha value is -1.66. The zero-order chi connectivity index (χ0) is 14.4. The van der Waals surface area contributed by atoms with Gasteiger partial charge in [-0.25, -0.2) is 4.98 Å². The summed E-state index contributed by atoms with van der Waals surface area (Å²) in [6, 6.07) is 0.640. The molecule has 2 N–H and O–H groups in total. The number of aliphatic hydroxyl groups excluding tert-OH is 1. The van der Waals surface area contributed by atoms with Crippen molar-refractivity contribution in [1.82, 2.24) is 19.5 Å². The molecule has 21 heavy (non-hydrogen) atoms. The molecular formula is C14H16ClN5O. The van der Waals surface area contributed by atoms with Crippen molar-refractivity contribution in [3.05, 3.63) is 23.8 Å². The Kier molecular flexibility index (Phi) is 3.08. The van der Waals surface area contributed by atoms with E-state index >= 15 is 0 Å². The van der Waals surface area contributed by atoms with E-state index in [4.69, 9.17) is 11.6 Å². The van der Waals surface area contributed by atoms with Gasteiger partial charge in [0.1, 0.15) is 0 Å². The quantitative estimate of drug-likeness (QED) is 0.669. The molecule has 0 amide bonds. The predicted octanol–water partition coefficient (Wildman–Crippen LogP) is 2.16. The van der Waals surface area contributed by atoms with E-state index in [-0.39, 0.29) is 23.9 Å². The number of halogens is 1. The number of fused-ring (bicyclic) bond motifs is 1. The molecule has 6 nitrogen and oxygen atoms in total. The number of imidazole rings is 1. The second-order valence-electron chi connectivity index (χ2n) is 5.71. The Morgan fingerprint density at radius 1 is 1.33 bits per heavy atom. The minimum atomic E-state index is 0.159. The zero-order valence-electron chi connectivity index (χ0n) is 11.4. The molecule has 0 aromatic carbocycles. The number of allylic oxidation sites excluding steroid dienone is 1. The van der Waals surface area contributed by atoms with Crippen molar-refractivity contribution in [2.75, 3.05) is 11.9 Å². The lowest BCUT2D eigenvalue weighted by molar-refractivity contribution is 0.244. The molecule has 1 saturated carbocycles. The summed E-state index contributed by atoms with van der Waals surface area (Å²) in [5.41, 5.74) is 1.50. The topological polar surface area (TPSA) is 75.9 Å². The second-order valence-corrected chi connectivity index (χ2v) is 6.05. The van der Waals surface area contributed by atoms with Gasteiger partial charge in [0.05, 0.1) is 12.4 Å². The van der Waals surface area contributed by atoms with Gasteiger partial charge < -0.3 is 15.0 Å². The molecule has 0 saturated heterocycles. The number of anilines is 1. The monoisotopic (exact) mass is 305 g/mol.